The first-order valence-electron chi connectivity index (χ1n) is 5.17. The molecule has 0 spiro atoms. The molecule has 0 unspecified atom stereocenters. The van der Waals surface area contributed by atoms with Gasteiger partial charge in [0.1, 0.15) is 6.61 Å². The molecule has 2 nitrogen and oxygen atoms in total. The van der Waals surface area contributed by atoms with Gasteiger partial charge in [0.25, 0.3) is 0 Å². The van der Waals surface area contributed by atoms with E-state index in [-0.39, 0.29) is 18.2 Å². The fourth-order valence-corrected chi connectivity index (χ4v) is 2.41. The zero-order chi connectivity index (χ0) is 13.1. The molecule has 18 heavy (non-hydrogen) atoms. The van der Waals surface area contributed by atoms with Crippen molar-refractivity contribution in [2.75, 3.05) is 5.73 Å². The van der Waals surface area contributed by atoms with Gasteiger partial charge in [0, 0.05) is 14.6 Å². The van der Waals surface area contributed by atoms with E-state index in [1.54, 1.807) is 24.3 Å². The quantitative estimate of drug-likeness (QED) is 0.802. The minimum Gasteiger partial charge on any atom is -0.486 e. The summed E-state index contributed by atoms with van der Waals surface area (Å²) in [6.45, 7) is 0.261. The summed E-state index contributed by atoms with van der Waals surface area (Å²) in [5.41, 5.74) is 7.23. The van der Waals surface area contributed by atoms with E-state index in [1.807, 2.05) is 6.07 Å². The summed E-state index contributed by atoms with van der Waals surface area (Å²) in [7, 11) is 0. The lowest BCUT2D eigenvalue weighted by Crippen LogP contribution is -1.98. The van der Waals surface area contributed by atoms with E-state index in [1.165, 1.54) is 6.07 Å². The third-order valence-electron chi connectivity index (χ3n) is 2.27. The molecule has 0 aliphatic rings. The van der Waals surface area contributed by atoms with Crippen LogP contribution < -0.4 is 10.5 Å². The molecule has 0 heterocycles. The normalized spacial score (nSPS) is 10.4. The number of nitrogens with two attached hydrogens (primary N) is 1. The Hall–Kier alpha value is -1.07. The van der Waals surface area contributed by atoms with Crippen molar-refractivity contribution in [3.63, 3.8) is 0 Å². The number of anilines is 1. The smallest absolute Gasteiger partial charge is 0.165 e. The van der Waals surface area contributed by atoms with Crippen molar-refractivity contribution in [1.29, 1.82) is 0 Å². The number of rotatable bonds is 3. The minimum atomic E-state index is -0.388. The predicted octanol–water partition coefficient (Wildman–Crippen LogP) is 4.51. The van der Waals surface area contributed by atoms with Crippen molar-refractivity contribution in [1.82, 2.24) is 0 Å². The fourth-order valence-electron chi connectivity index (χ4n) is 1.51. The zero-order valence-electron chi connectivity index (χ0n) is 9.29. The fraction of sp³-hybridized carbons (Fsp3) is 0.0769. The molecule has 0 radical (unpaired) electrons. The van der Waals surface area contributed by atoms with Crippen LogP contribution >= 0.6 is 31.9 Å². The van der Waals surface area contributed by atoms with Gasteiger partial charge >= 0.3 is 0 Å². The van der Waals surface area contributed by atoms with E-state index in [2.05, 4.69) is 31.9 Å². The number of hydrogen-bond acceptors (Lipinski definition) is 2. The highest BCUT2D eigenvalue weighted by molar-refractivity contribution is 9.10. The van der Waals surface area contributed by atoms with Crippen LogP contribution in [0.1, 0.15) is 5.56 Å². The Kier molecular flexibility index (Phi) is 4.24. The Morgan fingerprint density at radius 3 is 2.56 bits per heavy atom. The van der Waals surface area contributed by atoms with Crippen LogP contribution in [0.15, 0.2) is 45.3 Å². The Morgan fingerprint density at radius 2 is 1.83 bits per heavy atom. The molecule has 0 aromatic heterocycles. The van der Waals surface area contributed by atoms with Crippen LogP contribution in [0.25, 0.3) is 0 Å². The van der Waals surface area contributed by atoms with Gasteiger partial charge in [0.05, 0.1) is 0 Å². The van der Waals surface area contributed by atoms with Gasteiger partial charge in [-0.05, 0) is 42.0 Å². The Bertz CT molecular complexity index is 555. The van der Waals surface area contributed by atoms with Crippen LogP contribution in [-0.2, 0) is 6.61 Å². The second kappa shape index (κ2) is 5.71. The van der Waals surface area contributed by atoms with Gasteiger partial charge in [-0.25, -0.2) is 4.39 Å². The highest BCUT2D eigenvalue weighted by Crippen LogP contribution is 2.24. The van der Waals surface area contributed by atoms with Crippen LogP contribution in [-0.4, -0.2) is 0 Å². The monoisotopic (exact) mass is 373 g/mol. The van der Waals surface area contributed by atoms with E-state index in [4.69, 9.17) is 10.5 Å². The van der Waals surface area contributed by atoms with Crippen LogP contribution in [0.5, 0.6) is 5.75 Å². The molecule has 5 heteroatoms. The van der Waals surface area contributed by atoms with Gasteiger partial charge in [-0.1, -0.05) is 31.9 Å². The summed E-state index contributed by atoms with van der Waals surface area (Å²) in [5.74, 6) is -0.177. The summed E-state index contributed by atoms with van der Waals surface area (Å²) in [6.07, 6.45) is 0. The summed E-state index contributed by atoms with van der Waals surface area (Å²) < 4.78 is 20.5. The Morgan fingerprint density at radius 1 is 1.06 bits per heavy atom. The first-order valence-corrected chi connectivity index (χ1v) is 6.76. The Balaban J connectivity index is 2.13. The van der Waals surface area contributed by atoms with E-state index < -0.39 is 0 Å². The third kappa shape index (κ3) is 3.46. The largest absolute Gasteiger partial charge is 0.486 e. The van der Waals surface area contributed by atoms with Gasteiger partial charge in [0.2, 0.25) is 0 Å². The molecule has 0 saturated carbocycles. The third-order valence-corrected chi connectivity index (χ3v) is 3.22. The van der Waals surface area contributed by atoms with Gasteiger partial charge < -0.3 is 10.5 Å². The summed E-state index contributed by atoms with van der Waals surface area (Å²) in [5, 5.41) is 0. The lowest BCUT2D eigenvalue weighted by molar-refractivity contribution is 0.290. The van der Waals surface area contributed by atoms with Crippen molar-refractivity contribution in [3.8, 4) is 5.75 Å². The second-order valence-corrected chi connectivity index (χ2v) is 5.59. The average molecular weight is 375 g/mol. The van der Waals surface area contributed by atoms with Gasteiger partial charge in [0.15, 0.2) is 11.6 Å². The Labute approximate surface area is 121 Å². The molecular weight excluding hydrogens is 365 g/mol. The molecule has 0 bridgehead atoms. The lowest BCUT2D eigenvalue weighted by atomic mass is 10.2. The van der Waals surface area contributed by atoms with Crippen molar-refractivity contribution < 1.29 is 9.13 Å². The van der Waals surface area contributed by atoms with E-state index >= 15 is 0 Å². The number of benzene rings is 2. The van der Waals surface area contributed by atoms with Gasteiger partial charge in [-0.2, -0.15) is 0 Å². The van der Waals surface area contributed by atoms with Gasteiger partial charge in [-0.15, -0.1) is 0 Å². The van der Waals surface area contributed by atoms with Crippen molar-refractivity contribution in [3.05, 3.63) is 56.7 Å². The molecule has 2 N–H and O–H groups in total. The maximum atomic E-state index is 13.5. The molecular formula is C13H10Br2FNO. The number of nitrogen functional groups attached to an aromatic ring is 1. The molecule has 0 fully saturated rings. The highest BCUT2D eigenvalue weighted by Gasteiger charge is 2.05. The number of halogens is 3. The lowest BCUT2D eigenvalue weighted by Gasteiger charge is -2.09. The number of hydrogen-bond donors (Lipinski definition) is 1. The first-order chi connectivity index (χ1) is 8.54. The second-order valence-electron chi connectivity index (χ2n) is 3.76. The van der Waals surface area contributed by atoms with Crippen molar-refractivity contribution in [2.45, 2.75) is 6.61 Å². The molecule has 0 aliphatic heterocycles. The van der Waals surface area contributed by atoms with Crippen LogP contribution in [0, 0.1) is 5.82 Å². The molecule has 2 aromatic carbocycles. The molecule has 0 amide bonds. The molecule has 2 aromatic rings. The summed E-state index contributed by atoms with van der Waals surface area (Å²) in [6, 6.07) is 10.0. The first kappa shape index (κ1) is 13.4. The molecule has 94 valence electrons. The SMILES string of the molecule is Nc1cc(Br)cc(COc2cc(Br)ccc2F)c1. The van der Waals surface area contributed by atoms with Crippen LogP contribution in [0.2, 0.25) is 0 Å². The van der Waals surface area contributed by atoms with Crippen LogP contribution in [0.3, 0.4) is 0 Å². The van der Waals surface area contributed by atoms with E-state index in [0.29, 0.717) is 5.69 Å². The van der Waals surface area contributed by atoms with E-state index in [9.17, 15) is 4.39 Å². The predicted molar refractivity (Wildman–Crippen MR) is 77.0 cm³/mol. The zero-order valence-corrected chi connectivity index (χ0v) is 12.5. The highest BCUT2D eigenvalue weighted by atomic mass is 79.9. The van der Waals surface area contributed by atoms with Gasteiger partial charge in [-0.3, -0.25) is 0 Å². The molecule has 2 rings (SSSR count). The minimum absolute atomic E-state index is 0.211. The maximum absolute atomic E-state index is 13.5. The van der Waals surface area contributed by atoms with E-state index in [0.717, 1.165) is 14.5 Å². The van der Waals surface area contributed by atoms with Crippen LogP contribution in [0.4, 0.5) is 10.1 Å². The summed E-state index contributed by atoms with van der Waals surface area (Å²) >= 11 is 6.62. The topological polar surface area (TPSA) is 35.2 Å². The average Bonchev–Trinajstić information content (AvgIpc) is 2.29. The van der Waals surface area contributed by atoms with Crippen molar-refractivity contribution in [2.24, 2.45) is 0 Å². The maximum Gasteiger partial charge on any atom is 0.165 e. The molecule has 0 aliphatic carbocycles. The number of ether oxygens (including phenoxy) is 1. The van der Waals surface area contributed by atoms with Crippen molar-refractivity contribution >= 4 is 37.5 Å². The summed E-state index contributed by atoms with van der Waals surface area (Å²) in [4.78, 5) is 0. The standard InChI is InChI=1S/C13H10Br2FNO/c14-9-1-2-12(16)13(6-9)18-7-8-3-10(15)5-11(17)4-8/h1-6H,7,17H2. The molecule has 0 saturated heterocycles. The molecule has 0 atom stereocenters.